The van der Waals surface area contributed by atoms with Gasteiger partial charge in [0.15, 0.2) is 0 Å². The van der Waals surface area contributed by atoms with E-state index in [0.717, 1.165) is 4.90 Å². The number of benzene rings is 2. The molecule has 0 heterocycles. The molecule has 0 amide bonds. The van der Waals surface area contributed by atoms with Crippen LogP contribution < -0.4 is 5.32 Å². The monoisotopic (exact) mass is 265 g/mol. The topological polar surface area (TPSA) is 12.0 Å². The van der Waals surface area contributed by atoms with Crippen LogP contribution in [0, 0.1) is 11.6 Å². The quantitative estimate of drug-likeness (QED) is 0.901. The van der Waals surface area contributed by atoms with Crippen molar-refractivity contribution >= 4 is 11.8 Å². The third-order valence-corrected chi connectivity index (χ3v) is 3.64. The Morgan fingerprint density at radius 3 is 2.33 bits per heavy atom. The molecular weight excluding hydrogens is 252 g/mol. The van der Waals surface area contributed by atoms with E-state index in [-0.39, 0.29) is 11.6 Å². The summed E-state index contributed by atoms with van der Waals surface area (Å²) >= 11 is 1.24. The highest BCUT2D eigenvalue weighted by molar-refractivity contribution is 7.99. The summed E-state index contributed by atoms with van der Waals surface area (Å²) in [4.78, 5) is 1.23. The lowest BCUT2D eigenvalue weighted by Gasteiger charge is -2.10. The van der Waals surface area contributed by atoms with Gasteiger partial charge in [0.1, 0.15) is 11.6 Å². The van der Waals surface area contributed by atoms with Crippen LogP contribution in [0.3, 0.4) is 0 Å². The molecule has 2 aromatic carbocycles. The zero-order chi connectivity index (χ0) is 13.0. The van der Waals surface area contributed by atoms with Crippen molar-refractivity contribution in [3.63, 3.8) is 0 Å². The number of rotatable bonds is 4. The van der Waals surface area contributed by atoms with Crippen LogP contribution in [0.5, 0.6) is 0 Å². The van der Waals surface area contributed by atoms with Gasteiger partial charge in [0, 0.05) is 21.9 Å². The van der Waals surface area contributed by atoms with Crippen molar-refractivity contribution in [2.45, 2.75) is 16.3 Å². The fraction of sp³-hybridized carbons (Fsp3) is 0.143. The molecule has 0 aliphatic heterocycles. The van der Waals surface area contributed by atoms with Crippen LogP contribution in [-0.2, 0) is 6.54 Å². The molecule has 0 saturated heterocycles. The molecule has 0 fully saturated rings. The van der Waals surface area contributed by atoms with Crippen LogP contribution in [0.15, 0.2) is 52.3 Å². The molecule has 0 aromatic heterocycles. The molecule has 18 heavy (non-hydrogen) atoms. The average Bonchev–Trinajstić information content (AvgIpc) is 2.36. The lowest BCUT2D eigenvalue weighted by molar-refractivity contribution is 0.592. The van der Waals surface area contributed by atoms with E-state index in [1.54, 1.807) is 37.4 Å². The zero-order valence-electron chi connectivity index (χ0n) is 9.91. The molecule has 4 heteroatoms. The second-order valence-corrected chi connectivity index (χ2v) is 4.86. The molecule has 2 rings (SSSR count). The van der Waals surface area contributed by atoms with Crippen LogP contribution in [0.4, 0.5) is 8.78 Å². The van der Waals surface area contributed by atoms with E-state index in [1.165, 1.54) is 23.9 Å². The highest BCUT2D eigenvalue weighted by Crippen LogP contribution is 2.33. The fourth-order valence-electron chi connectivity index (χ4n) is 1.63. The minimum Gasteiger partial charge on any atom is -0.316 e. The highest BCUT2D eigenvalue weighted by atomic mass is 32.2. The van der Waals surface area contributed by atoms with Gasteiger partial charge in [-0.25, -0.2) is 8.78 Å². The molecule has 0 unspecified atom stereocenters. The van der Waals surface area contributed by atoms with E-state index < -0.39 is 0 Å². The first-order valence-electron chi connectivity index (χ1n) is 5.56. The highest BCUT2D eigenvalue weighted by Gasteiger charge is 2.10. The van der Waals surface area contributed by atoms with Crippen molar-refractivity contribution in [1.29, 1.82) is 0 Å². The molecule has 0 bridgehead atoms. The Kier molecular flexibility index (Phi) is 4.33. The number of hydrogen-bond donors (Lipinski definition) is 1. The smallest absolute Gasteiger partial charge is 0.137 e. The molecule has 0 radical (unpaired) electrons. The van der Waals surface area contributed by atoms with E-state index >= 15 is 0 Å². The summed E-state index contributed by atoms with van der Waals surface area (Å²) in [6.07, 6.45) is 0. The third kappa shape index (κ3) is 2.89. The maximum atomic E-state index is 13.7. The fourth-order valence-corrected chi connectivity index (χ4v) is 2.62. The molecule has 94 valence electrons. The van der Waals surface area contributed by atoms with Gasteiger partial charge < -0.3 is 5.32 Å². The summed E-state index contributed by atoms with van der Waals surface area (Å²) in [7, 11) is 1.75. The second kappa shape index (κ2) is 5.98. The molecule has 0 atom stereocenters. The van der Waals surface area contributed by atoms with Crippen LogP contribution in [0.1, 0.15) is 5.56 Å². The SMILES string of the molecule is CNCc1c(F)cccc1Sc1ccccc1F. The van der Waals surface area contributed by atoms with E-state index in [1.807, 2.05) is 0 Å². The standard InChI is InChI=1S/C14H13F2NS/c1-17-9-10-11(15)6-4-8-13(10)18-14-7-3-2-5-12(14)16/h2-8,17H,9H2,1H3. The van der Waals surface area contributed by atoms with Gasteiger partial charge in [0.05, 0.1) is 0 Å². The van der Waals surface area contributed by atoms with Gasteiger partial charge in [-0.2, -0.15) is 0 Å². The minimum absolute atomic E-state index is 0.273. The minimum atomic E-state index is -0.290. The normalized spacial score (nSPS) is 10.6. The zero-order valence-corrected chi connectivity index (χ0v) is 10.7. The maximum absolute atomic E-state index is 13.7. The number of hydrogen-bond acceptors (Lipinski definition) is 2. The molecule has 0 saturated carbocycles. The first-order valence-corrected chi connectivity index (χ1v) is 6.38. The Bertz CT molecular complexity index is 543. The van der Waals surface area contributed by atoms with Gasteiger partial charge in [-0.1, -0.05) is 30.0 Å². The lowest BCUT2D eigenvalue weighted by atomic mass is 10.2. The van der Waals surface area contributed by atoms with Gasteiger partial charge >= 0.3 is 0 Å². The second-order valence-electron chi connectivity index (χ2n) is 3.78. The van der Waals surface area contributed by atoms with Gasteiger partial charge in [-0.15, -0.1) is 0 Å². The molecule has 0 spiro atoms. The van der Waals surface area contributed by atoms with Gasteiger partial charge in [0.2, 0.25) is 0 Å². The Balaban J connectivity index is 2.34. The van der Waals surface area contributed by atoms with E-state index in [2.05, 4.69) is 5.32 Å². The first kappa shape index (κ1) is 13.1. The average molecular weight is 265 g/mol. The maximum Gasteiger partial charge on any atom is 0.137 e. The number of nitrogens with one attached hydrogen (secondary N) is 1. The van der Waals surface area contributed by atoms with Crippen molar-refractivity contribution in [2.24, 2.45) is 0 Å². The summed E-state index contributed by atoms with van der Waals surface area (Å²) in [6, 6.07) is 11.3. The molecular formula is C14H13F2NS. The van der Waals surface area contributed by atoms with Crippen molar-refractivity contribution in [1.82, 2.24) is 5.32 Å². The van der Waals surface area contributed by atoms with Crippen molar-refractivity contribution in [3.05, 3.63) is 59.7 Å². The summed E-state index contributed by atoms with van der Waals surface area (Å²) < 4.78 is 27.3. The van der Waals surface area contributed by atoms with Crippen LogP contribution >= 0.6 is 11.8 Å². The van der Waals surface area contributed by atoms with Crippen LogP contribution in [0.25, 0.3) is 0 Å². The summed E-state index contributed by atoms with van der Waals surface area (Å²) in [6.45, 7) is 0.420. The van der Waals surface area contributed by atoms with E-state index in [4.69, 9.17) is 0 Å². The van der Waals surface area contributed by atoms with Crippen LogP contribution in [-0.4, -0.2) is 7.05 Å². The van der Waals surface area contributed by atoms with Gasteiger partial charge in [-0.05, 0) is 31.3 Å². The molecule has 2 aromatic rings. The van der Waals surface area contributed by atoms with Crippen LogP contribution in [0.2, 0.25) is 0 Å². The Hall–Kier alpha value is -1.39. The molecule has 1 N–H and O–H groups in total. The molecule has 0 aliphatic rings. The van der Waals surface area contributed by atoms with Gasteiger partial charge in [-0.3, -0.25) is 0 Å². The largest absolute Gasteiger partial charge is 0.316 e. The van der Waals surface area contributed by atoms with Crippen molar-refractivity contribution in [3.8, 4) is 0 Å². The molecule has 1 nitrogen and oxygen atoms in total. The summed E-state index contributed by atoms with van der Waals surface area (Å²) in [5.74, 6) is -0.562. The Morgan fingerprint density at radius 2 is 1.61 bits per heavy atom. The number of halogens is 2. The first-order chi connectivity index (χ1) is 8.72. The van der Waals surface area contributed by atoms with Gasteiger partial charge in [0.25, 0.3) is 0 Å². The van der Waals surface area contributed by atoms with Crippen molar-refractivity contribution < 1.29 is 8.78 Å². The van der Waals surface area contributed by atoms with Crippen molar-refractivity contribution in [2.75, 3.05) is 7.05 Å². The predicted octanol–water partition coefficient (Wildman–Crippen LogP) is 3.84. The van der Waals surface area contributed by atoms with E-state index in [0.29, 0.717) is 17.0 Å². The Labute approximate surface area is 109 Å². The predicted molar refractivity (Wildman–Crippen MR) is 69.7 cm³/mol. The summed E-state index contributed by atoms with van der Waals surface area (Å²) in [5, 5.41) is 2.92. The van der Waals surface area contributed by atoms with E-state index in [9.17, 15) is 8.78 Å². The third-order valence-electron chi connectivity index (χ3n) is 2.49. The Morgan fingerprint density at radius 1 is 0.944 bits per heavy atom. The lowest BCUT2D eigenvalue weighted by Crippen LogP contribution is -2.08. The molecule has 0 aliphatic carbocycles. The summed E-state index contributed by atoms with van der Waals surface area (Å²) in [5.41, 5.74) is 0.563.